The van der Waals surface area contributed by atoms with Gasteiger partial charge in [0.05, 0.1) is 11.4 Å². The highest BCUT2D eigenvalue weighted by molar-refractivity contribution is 7.17. The van der Waals surface area contributed by atoms with Crippen LogP contribution in [0.3, 0.4) is 0 Å². The Morgan fingerprint density at radius 3 is 2.67 bits per heavy atom. The zero-order chi connectivity index (χ0) is 14.8. The van der Waals surface area contributed by atoms with Gasteiger partial charge in [0.1, 0.15) is 0 Å². The zero-order valence-corrected chi connectivity index (χ0v) is 14.3. The molecule has 21 heavy (non-hydrogen) atoms. The van der Waals surface area contributed by atoms with Gasteiger partial charge in [0.25, 0.3) is 0 Å². The van der Waals surface area contributed by atoms with Gasteiger partial charge in [0, 0.05) is 17.6 Å². The van der Waals surface area contributed by atoms with E-state index in [1.807, 2.05) is 0 Å². The molecule has 4 heteroatoms. The highest BCUT2D eigenvalue weighted by atomic mass is 32.1. The van der Waals surface area contributed by atoms with Crippen molar-refractivity contribution in [1.82, 2.24) is 14.7 Å². The van der Waals surface area contributed by atoms with Crippen LogP contribution in [0.5, 0.6) is 0 Å². The van der Waals surface area contributed by atoms with E-state index in [2.05, 4.69) is 41.7 Å². The number of hydrogen-bond acceptors (Lipinski definition) is 3. The molecule has 3 nitrogen and oxygen atoms in total. The van der Waals surface area contributed by atoms with Crippen molar-refractivity contribution in [3.05, 3.63) is 22.5 Å². The van der Waals surface area contributed by atoms with Crippen molar-refractivity contribution in [3.8, 4) is 0 Å². The molecule has 1 N–H and O–H groups in total. The summed E-state index contributed by atoms with van der Waals surface area (Å²) in [5.41, 5.74) is 2.50. The Kier molecular flexibility index (Phi) is 4.65. The lowest BCUT2D eigenvalue weighted by molar-refractivity contribution is 0.262. The Bertz CT molecular complexity index is 590. The quantitative estimate of drug-likeness (QED) is 0.891. The van der Waals surface area contributed by atoms with E-state index in [0.717, 1.165) is 29.9 Å². The molecule has 116 valence electrons. The molecule has 0 radical (unpaired) electrons. The van der Waals surface area contributed by atoms with Crippen LogP contribution in [-0.4, -0.2) is 15.9 Å². The Morgan fingerprint density at radius 2 is 1.95 bits per heavy atom. The first-order valence-electron chi connectivity index (χ1n) is 8.32. The number of rotatable bonds is 5. The number of fused-ring (bicyclic) bond motifs is 1. The molecule has 3 rings (SSSR count). The average molecular weight is 305 g/mol. The van der Waals surface area contributed by atoms with Gasteiger partial charge < -0.3 is 5.32 Å². The lowest BCUT2D eigenvalue weighted by atomic mass is 9.81. The van der Waals surface area contributed by atoms with Gasteiger partial charge in [-0.05, 0) is 45.1 Å². The van der Waals surface area contributed by atoms with Crippen LogP contribution < -0.4 is 5.32 Å². The maximum absolute atomic E-state index is 4.66. The van der Waals surface area contributed by atoms with Crippen LogP contribution in [0.25, 0.3) is 4.96 Å². The Hall–Kier alpha value is -0.870. The summed E-state index contributed by atoms with van der Waals surface area (Å²) in [6.45, 7) is 8.71. The molecule has 1 aliphatic rings. The van der Waals surface area contributed by atoms with E-state index in [0.29, 0.717) is 0 Å². The number of aromatic nitrogens is 2. The van der Waals surface area contributed by atoms with Crippen LogP contribution >= 0.6 is 11.3 Å². The van der Waals surface area contributed by atoms with E-state index in [1.54, 1.807) is 11.3 Å². The van der Waals surface area contributed by atoms with Crippen LogP contribution in [0, 0.1) is 25.7 Å². The van der Waals surface area contributed by atoms with Gasteiger partial charge >= 0.3 is 0 Å². The molecule has 0 saturated heterocycles. The predicted molar refractivity (Wildman–Crippen MR) is 90.0 cm³/mol. The van der Waals surface area contributed by atoms with Crippen molar-refractivity contribution in [2.75, 3.05) is 6.54 Å². The molecule has 0 atom stereocenters. The normalized spacial score (nSPS) is 23.0. The average Bonchev–Trinajstić information content (AvgIpc) is 2.96. The summed E-state index contributed by atoms with van der Waals surface area (Å²) in [5.74, 6) is 1.87. The van der Waals surface area contributed by atoms with Crippen molar-refractivity contribution in [1.29, 1.82) is 0 Å². The SMILES string of the molecule is CCC1CCC(CNCc2c(C)nc3sc(C)cn23)CC1. The van der Waals surface area contributed by atoms with Crippen molar-refractivity contribution in [2.24, 2.45) is 11.8 Å². The molecule has 2 aromatic heterocycles. The molecule has 0 bridgehead atoms. The summed E-state index contributed by atoms with van der Waals surface area (Å²) in [6, 6.07) is 0. The molecule has 0 unspecified atom stereocenters. The second-order valence-corrected chi connectivity index (χ2v) is 7.78. The van der Waals surface area contributed by atoms with Crippen molar-refractivity contribution < 1.29 is 0 Å². The second kappa shape index (κ2) is 6.49. The second-order valence-electron chi connectivity index (χ2n) is 6.56. The number of hydrogen-bond donors (Lipinski definition) is 1. The van der Waals surface area contributed by atoms with E-state index in [1.165, 1.54) is 48.4 Å². The van der Waals surface area contributed by atoms with Gasteiger partial charge in [-0.2, -0.15) is 0 Å². The number of nitrogens with one attached hydrogen (secondary N) is 1. The number of nitrogens with zero attached hydrogens (tertiary/aromatic N) is 2. The van der Waals surface area contributed by atoms with Crippen LogP contribution in [0.15, 0.2) is 6.20 Å². The van der Waals surface area contributed by atoms with Crippen LogP contribution in [0.1, 0.15) is 55.3 Å². The Balaban J connectivity index is 1.54. The third-order valence-electron chi connectivity index (χ3n) is 5.01. The maximum atomic E-state index is 4.66. The largest absolute Gasteiger partial charge is 0.311 e. The fourth-order valence-corrected chi connectivity index (χ4v) is 4.45. The molecule has 0 aromatic carbocycles. The van der Waals surface area contributed by atoms with E-state index >= 15 is 0 Å². The van der Waals surface area contributed by atoms with Gasteiger partial charge in [-0.3, -0.25) is 4.40 Å². The summed E-state index contributed by atoms with van der Waals surface area (Å²) in [6.07, 6.45) is 9.26. The molecule has 1 fully saturated rings. The summed E-state index contributed by atoms with van der Waals surface area (Å²) < 4.78 is 2.26. The van der Waals surface area contributed by atoms with Crippen LogP contribution in [-0.2, 0) is 6.54 Å². The van der Waals surface area contributed by atoms with Gasteiger partial charge in [0.2, 0.25) is 0 Å². The fourth-order valence-electron chi connectivity index (χ4n) is 3.56. The molecule has 2 aromatic rings. The molecular formula is C17H27N3S. The first-order valence-corrected chi connectivity index (χ1v) is 9.13. The lowest BCUT2D eigenvalue weighted by Crippen LogP contribution is -2.26. The molecule has 0 spiro atoms. The first-order chi connectivity index (χ1) is 10.2. The fraction of sp³-hybridized carbons (Fsp3) is 0.706. The van der Waals surface area contributed by atoms with E-state index in [4.69, 9.17) is 0 Å². The highest BCUT2D eigenvalue weighted by Gasteiger charge is 2.19. The Labute approximate surface area is 131 Å². The molecular weight excluding hydrogens is 278 g/mol. The maximum Gasteiger partial charge on any atom is 0.194 e. The van der Waals surface area contributed by atoms with Gasteiger partial charge in [0.15, 0.2) is 4.96 Å². The zero-order valence-electron chi connectivity index (χ0n) is 13.5. The lowest BCUT2D eigenvalue weighted by Gasteiger charge is -2.27. The van der Waals surface area contributed by atoms with Gasteiger partial charge in [-0.15, -0.1) is 11.3 Å². The van der Waals surface area contributed by atoms with Crippen LogP contribution in [0.2, 0.25) is 0 Å². The molecule has 0 aliphatic heterocycles. The third-order valence-corrected chi connectivity index (χ3v) is 5.91. The Morgan fingerprint density at radius 1 is 1.24 bits per heavy atom. The molecule has 2 heterocycles. The van der Waals surface area contributed by atoms with Crippen molar-refractivity contribution >= 4 is 16.3 Å². The number of thiazole rings is 1. The summed E-state index contributed by atoms with van der Waals surface area (Å²) in [4.78, 5) is 7.12. The molecule has 1 saturated carbocycles. The monoisotopic (exact) mass is 305 g/mol. The standard InChI is InChI=1S/C17H27N3S/c1-4-14-5-7-15(8-6-14)9-18-10-16-13(3)19-17-20(16)11-12(2)21-17/h11,14-15,18H,4-10H2,1-3H3. The van der Waals surface area contributed by atoms with E-state index < -0.39 is 0 Å². The van der Waals surface area contributed by atoms with Crippen LogP contribution in [0.4, 0.5) is 0 Å². The number of aryl methyl sites for hydroxylation is 2. The van der Waals surface area contributed by atoms with Crippen molar-refractivity contribution in [3.63, 3.8) is 0 Å². The minimum absolute atomic E-state index is 0.876. The topological polar surface area (TPSA) is 29.3 Å². The van der Waals surface area contributed by atoms with Gasteiger partial charge in [-0.1, -0.05) is 26.2 Å². The van der Waals surface area contributed by atoms with E-state index in [9.17, 15) is 0 Å². The predicted octanol–water partition coefficient (Wildman–Crippen LogP) is 4.32. The third kappa shape index (κ3) is 3.32. The minimum Gasteiger partial charge on any atom is -0.311 e. The number of imidazole rings is 1. The van der Waals surface area contributed by atoms with Gasteiger partial charge in [-0.25, -0.2) is 4.98 Å². The summed E-state index contributed by atoms with van der Waals surface area (Å²) in [7, 11) is 0. The smallest absolute Gasteiger partial charge is 0.194 e. The highest BCUT2D eigenvalue weighted by Crippen LogP contribution is 2.30. The molecule has 1 aliphatic carbocycles. The minimum atomic E-state index is 0.876. The summed E-state index contributed by atoms with van der Waals surface area (Å²) in [5, 5.41) is 3.68. The first kappa shape index (κ1) is 15.0. The molecule has 0 amide bonds. The van der Waals surface area contributed by atoms with Crippen molar-refractivity contribution in [2.45, 2.75) is 59.4 Å². The van der Waals surface area contributed by atoms with E-state index in [-0.39, 0.29) is 0 Å². The summed E-state index contributed by atoms with van der Waals surface area (Å²) >= 11 is 1.78.